The number of fused-ring (bicyclic) bond motifs is 2. The van der Waals surface area contributed by atoms with E-state index < -0.39 is 41.0 Å². The van der Waals surface area contributed by atoms with Crippen molar-refractivity contribution in [2.75, 3.05) is 56.8 Å². The number of aromatic carboxylic acids is 1. The number of thioether (sulfide) groups is 1. The minimum absolute atomic E-state index is 0.0557. The van der Waals surface area contributed by atoms with Crippen molar-refractivity contribution >= 4 is 87.2 Å². The molecule has 0 aliphatic carbocycles. The smallest absolute Gasteiger partial charge is 0.335 e. The number of benzene rings is 2. The standard InChI is InChI=1S/C49H60N14O11S/c1-7-62-34(20-27(3)56-62)43(66)54-48-53-33-23-30(46(69)70)25-36(73-6)40(33)60(48)15-9-10-16-61-41-32(52-49(61)55-44(67)35-21-28(4)57-63(35)8-2)22-29(42(51)65)24-37(41)74-19-11-14-58(5)39(64)13-18-59-17-12-38(45(59)68)75-26-31(50)47(71)72/h9-10,20-25,31,38H,7-8,11-19,26,50H2,1-6H3,(H2,51,65)(H,69,70)(H,71,72)(H,52,55,67)(H,53,54,66)/b10-9+/t31-,38?/m0/s1. The third-order valence-electron chi connectivity index (χ3n) is 12.4. The van der Waals surface area contributed by atoms with E-state index in [2.05, 4.69) is 25.8 Å². The lowest BCUT2D eigenvalue weighted by atomic mass is 10.1. The summed E-state index contributed by atoms with van der Waals surface area (Å²) < 4.78 is 18.5. The van der Waals surface area contributed by atoms with Gasteiger partial charge in [-0.3, -0.25) is 48.8 Å². The van der Waals surface area contributed by atoms with Crippen molar-refractivity contribution in [3.05, 3.63) is 82.5 Å². The minimum atomic E-state index is -1.20. The number of carboxylic acids is 2. The average molecular weight is 1050 g/mol. The zero-order chi connectivity index (χ0) is 54.2. The summed E-state index contributed by atoms with van der Waals surface area (Å²) in [7, 11) is 3.04. The normalized spacial score (nSPS) is 14.0. The number of ether oxygens (including phenoxy) is 2. The van der Waals surface area contributed by atoms with Gasteiger partial charge in [-0.15, -0.1) is 11.8 Å². The SMILES string of the molecule is CCn1nc(C)cc1C(=O)Nc1nc2cc(C(=O)O)cc(OC)c2n1C/C=C/Cn1c(NC(=O)c2cc(C)nn2CC)nc2cc(C(N)=O)cc(OCCCN(C)C(=O)CCN3CCC(SC[C@H](N)C(=O)O)C3=O)c21. The lowest BCUT2D eigenvalue weighted by molar-refractivity contribution is -0.138. The number of methoxy groups -OCH3 is 1. The van der Waals surface area contributed by atoms with Gasteiger partial charge >= 0.3 is 11.9 Å². The third kappa shape index (κ3) is 12.4. The summed E-state index contributed by atoms with van der Waals surface area (Å²) in [6, 6.07) is 7.93. The summed E-state index contributed by atoms with van der Waals surface area (Å²) in [6.07, 6.45) is 4.51. The van der Waals surface area contributed by atoms with Crippen molar-refractivity contribution in [3.63, 3.8) is 0 Å². The molecule has 0 saturated carbocycles. The Morgan fingerprint density at radius 1 is 0.853 bits per heavy atom. The molecule has 1 saturated heterocycles. The first-order valence-electron chi connectivity index (χ1n) is 24.1. The highest BCUT2D eigenvalue weighted by Gasteiger charge is 2.33. The molecule has 0 radical (unpaired) electrons. The topological polar surface area (TPSA) is 332 Å². The highest BCUT2D eigenvalue weighted by molar-refractivity contribution is 8.00. The van der Waals surface area contributed by atoms with Gasteiger partial charge in [0, 0.05) is 70.6 Å². The van der Waals surface area contributed by atoms with Gasteiger partial charge in [0.15, 0.2) is 0 Å². The molecule has 1 unspecified atom stereocenters. The molecule has 2 aromatic carbocycles. The second kappa shape index (κ2) is 23.7. The van der Waals surface area contributed by atoms with E-state index in [0.29, 0.717) is 60.6 Å². The fourth-order valence-electron chi connectivity index (χ4n) is 8.58. The number of amides is 5. The molecule has 6 aromatic rings. The van der Waals surface area contributed by atoms with Crippen LogP contribution in [0.15, 0.2) is 48.6 Å². The number of aryl methyl sites for hydroxylation is 4. The number of hydrogen-bond acceptors (Lipinski definition) is 15. The van der Waals surface area contributed by atoms with Gasteiger partial charge < -0.3 is 50.1 Å². The van der Waals surface area contributed by atoms with Crippen molar-refractivity contribution in [1.29, 1.82) is 0 Å². The van der Waals surface area contributed by atoms with Gasteiger partial charge in [-0.1, -0.05) is 12.2 Å². The predicted octanol–water partition coefficient (Wildman–Crippen LogP) is 3.37. The molecule has 8 N–H and O–H groups in total. The zero-order valence-electron chi connectivity index (χ0n) is 42.4. The molecule has 0 spiro atoms. The molecule has 0 bridgehead atoms. The number of rotatable bonds is 25. The number of primary amides is 1. The number of carbonyl (C=O) groups excluding carboxylic acids is 5. The number of hydrogen-bond donors (Lipinski definition) is 6. The molecular weight excluding hydrogens is 993 g/mol. The van der Waals surface area contributed by atoms with E-state index in [1.54, 1.807) is 68.6 Å². The molecule has 75 heavy (non-hydrogen) atoms. The molecule has 1 aliphatic heterocycles. The maximum absolute atomic E-state index is 13.9. The number of anilines is 2. The van der Waals surface area contributed by atoms with Crippen LogP contribution in [0.5, 0.6) is 11.5 Å². The molecule has 398 valence electrons. The van der Waals surface area contributed by atoms with Gasteiger partial charge in [-0.05, 0) is 76.9 Å². The molecule has 7 rings (SSSR count). The van der Waals surface area contributed by atoms with Gasteiger partial charge in [0.05, 0.1) is 47.0 Å². The molecule has 5 amide bonds. The number of allylic oxidation sites excluding steroid dienone is 2. The second-order valence-corrected chi connectivity index (χ2v) is 18.9. The fraction of sp³-hybridized carbons (Fsp3) is 0.408. The van der Waals surface area contributed by atoms with E-state index in [9.17, 15) is 38.7 Å². The van der Waals surface area contributed by atoms with E-state index in [1.807, 2.05) is 13.8 Å². The summed E-state index contributed by atoms with van der Waals surface area (Å²) in [5.41, 5.74) is 14.6. The Labute approximate surface area is 434 Å². The lowest BCUT2D eigenvalue weighted by Gasteiger charge is -2.21. The quantitative estimate of drug-likeness (QED) is 0.0354. The van der Waals surface area contributed by atoms with Gasteiger partial charge in [-0.25, -0.2) is 14.8 Å². The van der Waals surface area contributed by atoms with Crippen molar-refractivity contribution in [1.82, 2.24) is 48.5 Å². The maximum atomic E-state index is 13.9. The lowest BCUT2D eigenvalue weighted by Crippen LogP contribution is -2.36. The molecule has 25 nitrogen and oxygen atoms in total. The van der Waals surface area contributed by atoms with Crippen LogP contribution in [0, 0.1) is 13.8 Å². The van der Waals surface area contributed by atoms with E-state index in [-0.39, 0.29) is 108 Å². The average Bonchev–Trinajstić information content (AvgIpc) is 4.21. The molecular formula is C49H60N14O11S. The van der Waals surface area contributed by atoms with Crippen LogP contribution in [0.4, 0.5) is 11.9 Å². The van der Waals surface area contributed by atoms with Crippen LogP contribution in [-0.2, 0) is 40.6 Å². The Balaban J connectivity index is 1.14. The van der Waals surface area contributed by atoms with Gasteiger partial charge in [0.2, 0.25) is 29.6 Å². The molecule has 5 heterocycles. The van der Waals surface area contributed by atoms with Crippen LogP contribution < -0.4 is 31.6 Å². The van der Waals surface area contributed by atoms with Crippen LogP contribution in [0.2, 0.25) is 0 Å². The number of carboxylic acid groups (broad SMARTS) is 2. The Morgan fingerprint density at radius 2 is 1.40 bits per heavy atom. The molecule has 26 heteroatoms. The van der Waals surface area contributed by atoms with Gasteiger partial charge in [-0.2, -0.15) is 10.2 Å². The summed E-state index contributed by atoms with van der Waals surface area (Å²) in [4.78, 5) is 102. The second-order valence-electron chi connectivity index (χ2n) is 17.7. The van der Waals surface area contributed by atoms with E-state index >= 15 is 0 Å². The van der Waals surface area contributed by atoms with Crippen LogP contribution in [-0.4, -0.2) is 158 Å². The van der Waals surface area contributed by atoms with Crippen molar-refractivity contribution in [2.45, 2.75) is 84.4 Å². The van der Waals surface area contributed by atoms with Crippen molar-refractivity contribution < 1.29 is 53.2 Å². The van der Waals surface area contributed by atoms with Crippen LogP contribution in [0.25, 0.3) is 22.1 Å². The first-order valence-corrected chi connectivity index (χ1v) is 25.1. The highest BCUT2D eigenvalue weighted by Crippen LogP contribution is 2.33. The van der Waals surface area contributed by atoms with Crippen LogP contribution in [0.1, 0.15) is 86.2 Å². The zero-order valence-corrected chi connectivity index (χ0v) is 43.2. The fourth-order valence-corrected chi connectivity index (χ4v) is 9.72. The van der Waals surface area contributed by atoms with E-state index in [0.717, 1.165) is 0 Å². The molecule has 1 fully saturated rings. The monoisotopic (exact) mass is 1050 g/mol. The van der Waals surface area contributed by atoms with Gasteiger partial charge in [0.25, 0.3) is 11.8 Å². The first kappa shape index (κ1) is 54.5. The molecule has 4 aromatic heterocycles. The molecule has 1 aliphatic rings. The van der Waals surface area contributed by atoms with Crippen LogP contribution in [0.3, 0.4) is 0 Å². The first-order chi connectivity index (χ1) is 35.8. The minimum Gasteiger partial charge on any atom is -0.494 e. The number of carbonyl (C=O) groups is 7. The molecule has 2 atom stereocenters. The third-order valence-corrected chi connectivity index (χ3v) is 13.8. The highest BCUT2D eigenvalue weighted by atomic mass is 32.2. The number of nitrogens with one attached hydrogen (secondary N) is 2. The van der Waals surface area contributed by atoms with E-state index in [4.69, 9.17) is 31.0 Å². The largest absolute Gasteiger partial charge is 0.494 e. The van der Waals surface area contributed by atoms with E-state index in [1.165, 1.54) is 48.0 Å². The van der Waals surface area contributed by atoms with Crippen LogP contribution >= 0.6 is 11.8 Å². The van der Waals surface area contributed by atoms with Gasteiger partial charge in [0.1, 0.15) is 40.0 Å². The Bertz CT molecular complexity index is 3210. The summed E-state index contributed by atoms with van der Waals surface area (Å²) in [5.74, 6) is -3.75. The number of aliphatic carboxylic acids is 1. The van der Waals surface area contributed by atoms with Crippen molar-refractivity contribution in [3.8, 4) is 11.5 Å². The summed E-state index contributed by atoms with van der Waals surface area (Å²) in [6.45, 7) is 9.22. The predicted molar refractivity (Wildman–Crippen MR) is 277 cm³/mol. The number of aromatic nitrogens is 8. The number of nitrogens with zero attached hydrogens (tertiary/aromatic N) is 10. The number of imidazole rings is 2. The summed E-state index contributed by atoms with van der Waals surface area (Å²) >= 11 is 1.21. The Morgan fingerprint density at radius 3 is 1.92 bits per heavy atom. The summed E-state index contributed by atoms with van der Waals surface area (Å²) in [5, 5.41) is 33.1. The number of nitrogens with two attached hydrogens (primary N) is 2. The maximum Gasteiger partial charge on any atom is 0.335 e. The Kier molecular flexibility index (Phi) is 17.3. The number of likely N-dealkylation sites (tertiary alicyclic amines) is 1. The van der Waals surface area contributed by atoms with Crippen molar-refractivity contribution in [2.24, 2.45) is 11.5 Å². The Hall–Kier alpha value is -8.26.